The zero-order valence-corrected chi connectivity index (χ0v) is 11.8. The van der Waals surface area contributed by atoms with E-state index in [1.807, 2.05) is 42.5 Å². The lowest BCUT2D eigenvalue weighted by Crippen LogP contribution is -1.80. The molecule has 0 unspecified atom stereocenters. The minimum absolute atomic E-state index is 0.639. The number of nitrogens with one attached hydrogen (secondary N) is 1. The summed E-state index contributed by atoms with van der Waals surface area (Å²) in [5, 5.41) is 4.92. The van der Waals surface area contributed by atoms with Crippen molar-refractivity contribution in [3.05, 3.63) is 54.4 Å². The van der Waals surface area contributed by atoms with Crippen LogP contribution in [0.25, 0.3) is 22.6 Å². The SMILES string of the molecule is c1coc(-c2cc(CSc3nc4ccccc4[nH]3)no2)c1. The predicted molar refractivity (Wildman–Crippen MR) is 79.9 cm³/mol. The Morgan fingerprint density at radius 1 is 1.10 bits per heavy atom. The maximum Gasteiger partial charge on any atom is 0.202 e. The Kier molecular flexibility index (Phi) is 3.01. The number of nitrogens with zero attached hydrogens (tertiary/aromatic N) is 2. The molecule has 4 aromatic rings. The highest BCUT2D eigenvalue weighted by molar-refractivity contribution is 7.98. The van der Waals surface area contributed by atoms with Gasteiger partial charge in [-0.2, -0.15) is 0 Å². The van der Waals surface area contributed by atoms with Crippen molar-refractivity contribution in [2.45, 2.75) is 10.9 Å². The first-order valence-electron chi connectivity index (χ1n) is 6.45. The first kappa shape index (κ1) is 12.3. The summed E-state index contributed by atoms with van der Waals surface area (Å²) in [7, 11) is 0. The molecule has 3 aromatic heterocycles. The Morgan fingerprint density at radius 2 is 2.05 bits per heavy atom. The third-order valence-electron chi connectivity index (χ3n) is 3.05. The molecule has 1 aromatic carbocycles. The molecular weight excluding hydrogens is 286 g/mol. The normalized spacial score (nSPS) is 11.2. The van der Waals surface area contributed by atoms with E-state index in [1.54, 1.807) is 18.0 Å². The fourth-order valence-electron chi connectivity index (χ4n) is 2.05. The molecule has 0 atom stereocenters. The van der Waals surface area contributed by atoms with E-state index in [0.29, 0.717) is 17.3 Å². The van der Waals surface area contributed by atoms with Crippen LogP contribution in [-0.2, 0) is 5.75 Å². The van der Waals surface area contributed by atoms with Gasteiger partial charge in [0.25, 0.3) is 0 Å². The Bertz CT molecular complexity index is 831. The molecule has 0 spiro atoms. The van der Waals surface area contributed by atoms with E-state index in [-0.39, 0.29) is 0 Å². The summed E-state index contributed by atoms with van der Waals surface area (Å²) in [6, 6.07) is 13.5. The quantitative estimate of drug-likeness (QED) is 0.574. The number of hydrogen-bond donors (Lipinski definition) is 1. The van der Waals surface area contributed by atoms with Gasteiger partial charge in [0.15, 0.2) is 10.9 Å². The number of benzene rings is 1. The summed E-state index contributed by atoms with van der Waals surface area (Å²) in [5.74, 6) is 2.01. The fraction of sp³-hybridized carbons (Fsp3) is 0.0667. The van der Waals surface area contributed by atoms with E-state index in [2.05, 4.69) is 15.1 Å². The summed E-state index contributed by atoms with van der Waals surface area (Å²) in [6.45, 7) is 0. The van der Waals surface area contributed by atoms with Gasteiger partial charge in [0, 0.05) is 11.8 Å². The summed E-state index contributed by atoms with van der Waals surface area (Å²) >= 11 is 1.59. The number of aromatic amines is 1. The number of imidazole rings is 1. The van der Waals surface area contributed by atoms with Gasteiger partial charge in [-0.1, -0.05) is 29.1 Å². The lowest BCUT2D eigenvalue weighted by molar-refractivity contribution is 0.413. The smallest absolute Gasteiger partial charge is 0.202 e. The van der Waals surface area contributed by atoms with Crippen molar-refractivity contribution in [2.75, 3.05) is 0 Å². The van der Waals surface area contributed by atoms with E-state index < -0.39 is 0 Å². The summed E-state index contributed by atoms with van der Waals surface area (Å²) in [5.41, 5.74) is 2.86. The molecule has 6 heteroatoms. The van der Waals surface area contributed by atoms with Crippen molar-refractivity contribution >= 4 is 22.8 Å². The van der Waals surface area contributed by atoms with Gasteiger partial charge in [0.2, 0.25) is 5.76 Å². The van der Waals surface area contributed by atoms with Gasteiger partial charge in [-0.3, -0.25) is 0 Å². The van der Waals surface area contributed by atoms with E-state index >= 15 is 0 Å². The van der Waals surface area contributed by atoms with Gasteiger partial charge in [0.05, 0.1) is 23.0 Å². The number of hydrogen-bond acceptors (Lipinski definition) is 5. The number of para-hydroxylation sites is 2. The highest BCUT2D eigenvalue weighted by Crippen LogP contribution is 2.25. The molecule has 104 valence electrons. The van der Waals surface area contributed by atoms with Gasteiger partial charge >= 0.3 is 0 Å². The van der Waals surface area contributed by atoms with E-state index in [0.717, 1.165) is 21.9 Å². The molecule has 0 aliphatic heterocycles. The van der Waals surface area contributed by atoms with Gasteiger partial charge in [-0.25, -0.2) is 4.98 Å². The van der Waals surface area contributed by atoms with Gasteiger partial charge in [-0.15, -0.1) is 0 Å². The van der Waals surface area contributed by atoms with Crippen LogP contribution in [0.2, 0.25) is 0 Å². The van der Waals surface area contributed by atoms with Crippen LogP contribution in [-0.4, -0.2) is 15.1 Å². The fourth-order valence-corrected chi connectivity index (χ4v) is 2.82. The lowest BCUT2D eigenvalue weighted by atomic mass is 10.3. The molecule has 21 heavy (non-hydrogen) atoms. The minimum atomic E-state index is 0.639. The number of rotatable bonds is 4. The maximum absolute atomic E-state index is 5.28. The van der Waals surface area contributed by atoms with Crippen LogP contribution >= 0.6 is 11.8 Å². The topological polar surface area (TPSA) is 67.8 Å². The molecule has 0 aliphatic carbocycles. The van der Waals surface area contributed by atoms with Crippen molar-refractivity contribution in [2.24, 2.45) is 0 Å². The Morgan fingerprint density at radius 3 is 2.90 bits per heavy atom. The van der Waals surface area contributed by atoms with Crippen LogP contribution in [0.1, 0.15) is 5.69 Å². The highest BCUT2D eigenvalue weighted by atomic mass is 32.2. The molecule has 5 nitrogen and oxygen atoms in total. The largest absolute Gasteiger partial charge is 0.461 e. The van der Waals surface area contributed by atoms with E-state index in [9.17, 15) is 0 Å². The zero-order chi connectivity index (χ0) is 14.1. The number of H-pyrrole nitrogens is 1. The van der Waals surface area contributed by atoms with Crippen LogP contribution in [0, 0.1) is 0 Å². The summed E-state index contributed by atoms with van der Waals surface area (Å²) < 4.78 is 10.5. The van der Waals surface area contributed by atoms with Crippen molar-refractivity contribution in [1.82, 2.24) is 15.1 Å². The van der Waals surface area contributed by atoms with Gasteiger partial charge < -0.3 is 13.9 Å². The van der Waals surface area contributed by atoms with E-state index in [4.69, 9.17) is 8.94 Å². The molecule has 0 radical (unpaired) electrons. The number of thioether (sulfide) groups is 1. The van der Waals surface area contributed by atoms with Crippen molar-refractivity contribution in [3.63, 3.8) is 0 Å². The molecular formula is C15H11N3O2S. The third-order valence-corrected chi connectivity index (χ3v) is 3.95. The van der Waals surface area contributed by atoms with Crippen LogP contribution in [0.4, 0.5) is 0 Å². The van der Waals surface area contributed by atoms with Crippen LogP contribution < -0.4 is 0 Å². The standard InChI is InChI=1S/C15H11N3O2S/c1-2-5-12-11(4-1)16-15(17-12)21-9-10-8-14(20-18-10)13-6-3-7-19-13/h1-8H,9H2,(H,16,17). The van der Waals surface area contributed by atoms with Crippen LogP contribution in [0.15, 0.2) is 62.8 Å². The molecule has 0 bridgehead atoms. The van der Waals surface area contributed by atoms with Gasteiger partial charge in [0.1, 0.15) is 0 Å². The predicted octanol–water partition coefficient (Wildman–Crippen LogP) is 4.10. The molecule has 0 fully saturated rings. The highest BCUT2D eigenvalue weighted by Gasteiger charge is 2.10. The van der Waals surface area contributed by atoms with E-state index in [1.165, 1.54) is 0 Å². The average molecular weight is 297 g/mol. The molecule has 0 saturated heterocycles. The monoisotopic (exact) mass is 297 g/mol. The maximum atomic E-state index is 5.28. The zero-order valence-electron chi connectivity index (χ0n) is 10.9. The number of furan rings is 1. The molecule has 1 N–H and O–H groups in total. The average Bonchev–Trinajstić information content (AvgIpc) is 3.23. The molecule has 0 amide bonds. The van der Waals surface area contributed by atoms with Crippen molar-refractivity contribution < 1.29 is 8.94 Å². The molecule has 0 saturated carbocycles. The number of fused-ring (bicyclic) bond motifs is 1. The summed E-state index contributed by atoms with van der Waals surface area (Å²) in [6.07, 6.45) is 1.61. The molecule has 4 rings (SSSR count). The minimum Gasteiger partial charge on any atom is -0.461 e. The van der Waals surface area contributed by atoms with Crippen molar-refractivity contribution in [1.29, 1.82) is 0 Å². The van der Waals surface area contributed by atoms with Crippen LogP contribution in [0.3, 0.4) is 0 Å². The Hall–Kier alpha value is -2.47. The summed E-state index contributed by atoms with van der Waals surface area (Å²) in [4.78, 5) is 7.79. The first-order chi connectivity index (χ1) is 10.4. The van der Waals surface area contributed by atoms with Crippen molar-refractivity contribution in [3.8, 4) is 11.5 Å². The Balaban J connectivity index is 1.49. The molecule has 3 heterocycles. The lowest BCUT2D eigenvalue weighted by Gasteiger charge is -1.91. The second-order valence-electron chi connectivity index (χ2n) is 4.51. The van der Waals surface area contributed by atoms with Gasteiger partial charge in [-0.05, 0) is 24.3 Å². The number of aromatic nitrogens is 3. The molecule has 0 aliphatic rings. The third kappa shape index (κ3) is 2.45. The second-order valence-corrected chi connectivity index (χ2v) is 5.47. The Labute approximate surface area is 124 Å². The second kappa shape index (κ2) is 5.14. The van der Waals surface area contributed by atoms with Crippen LogP contribution in [0.5, 0.6) is 0 Å². The first-order valence-corrected chi connectivity index (χ1v) is 7.44.